The second kappa shape index (κ2) is 8.58. The second-order valence-corrected chi connectivity index (χ2v) is 8.34. The molecule has 0 saturated heterocycles. The van der Waals surface area contributed by atoms with Gasteiger partial charge < -0.3 is 4.57 Å². The lowest BCUT2D eigenvalue weighted by Crippen LogP contribution is -2.36. The maximum Gasteiger partial charge on any atom is 0.121 e. The lowest BCUT2D eigenvalue weighted by atomic mass is 9.77. The van der Waals surface area contributed by atoms with Crippen molar-refractivity contribution in [2.45, 2.75) is 5.54 Å². The molecular weight excluding hydrogens is 396 g/mol. The van der Waals surface area contributed by atoms with E-state index in [0.717, 1.165) is 5.69 Å². The Hall–Kier alpha value is -3.69. The zero-order valence-corrected chi connectivity index (χ0v) is 17.8. The third-order valence-electron chi connectivity index (χ3n) is 5.53. The van der Waals surface area contributed by atoms with E-state index in [-0.39, 0.29) is 0 Å². The number of imidazole rings is 1. The average molecular weight is 419 g/mol. The summed E-state index contributed by atoms with van der Waals surface area (Å²) in [4.78, 5) is 5.96. The molecule has 3 aromatic carbocycles. The van der Waals surface area contributed by atoms with Crippen LogP contribution in [-0.2, 0) is 5.54 Å². The molecule has 0 aliphatic heterocycles. The molecule has 2 heterocycles. The van der Waals surface area contributed by atoms with Crippen molar-refractivity contribution in [2.24, 2.45) is 0 Å². The standard InChI is InChI=1S/C28H22N2S/c1-4-11-23(12-5-1)28(24-13-6-2-7-14-24,25-15-8-3-9-16-25)30-21-26(29-22-30)18-19-27-17-10-20-31-27/h1-22H/b19-18+. The van der Waals surface area contributed by atoms with E-state index in [0.29, 0.717) is 0 Å². The monoisotopic (exact) mass is 418 g/mol. The van der Waals surface area contributed by atoms with Crippen molar-refractivity contribution in [3.63, 3.8) is 0 Å². The molecule has 0 N–H and O–H groups in total. The van der Waals surface area contributed by atoms with Crippen molar-refractivity contribution >= 4 is 23.5 Å². The fourth-order valence-electron chi connectivity index (χ4n) is 4.15. The van der Waals surface area contributed by atoms with Crippen LogP contribution in [0.25, 0.3) is 12.2 Å². The lowest BCUT2D eigenvalue weighted by molar-refractivity contribution is 0.514. The Morgan fingerprint density at radius 2 is 1.19 bits per heavy atom. The third kappa shape index (κ3) is 3.65. The van der Waals surface area contributed by atoms with E-state index in [4.69, 9.17) is 4.98 Å². The maximum absolute atomic E-state index is 4.74. The molecule has 2 aromatic heterocycles. The number of rotatable bonds is 6. The SMILES string of the molecule is C(=C\c1cccs1)/c1cn(C(c2ccccc2)(c2ccccc2)c2ccccc2)cn1. The number of benzene rings is 3. The molecule has 150 valence electrons. The Bertz CT molecular complexity index is 1160. The molecule has 5 rings (SSSR count). The van der Waals surface area contributed by atoms with Gasteiger partial charge in [0.1, 0.15) is 5.54 Å². The molecule has 0 radical (unpaired) electrons. The van der Waals surface area contributed by atoms with E-state index < -0.39 is 5.54 Å². The van der Waals surface area contributed by atoms with E-state index in [9.17, 15) is 0 Å². The van der Waals surface area contributed by atoms with E-state index in [1.165, 1.54) is 21.6 Å². The molecule has 0 aliphatic rings. The number of hydrogen-bond acceptors (Lipinski definition) is 2. The first-order chi connectivity index (χ1) is 15.4. The van der Waals surface area contributed by atoms with Gasteiger partial charge in [0.05, 0.1) is 12.0 Å². The van der Waals surface area contributed by atoms with Gasteiger partial charge in [-0.2, -0.15) is 0 Å². The Morgan fingerprint density at radius 3 is 1.68 bits per heavy atom. The first kappa shape index (κ1) is 19.3. The van der Waals surface area contributed by atoms with Gasteiger partial charge in [-0.3, -0.25) is 0 Å². The first-order valence-electron chi connectivity index (χ1n) is 10.3. The third-order valence-corrected chi connectivity index (χ3v) is 6.36. The Kier molecular flexibility index (Phi) is 5.34. The zero-order valence-electron chi connectivity index (χ0n) is 17.0. The lowest BCUT2D eigenvalue weighted by Gasteiger charge is -2.37. The molecule has 0 saturated carbocycles. The van der Waals surface area contributed by atoms with Crippen LogP contribution in [0.15, 0.2) is 121 Å². The highest BCUT2D eigenvalue weighted by atomic mass is 32.1. The minimum absolute atomic E-state index is 0.522. The Morgan fingerprint density at radius 1 is 0.645 bits per heavy atom. The minimum atomic E-state index is -0.522. The van der Waals surface area contributed by atoms with Crippen LogP contribution in [0.3, 0.4) is 0 Å². The zero-order chi connectivity index (χ0) is 20.9. The van der Waals surface area contributed by atoms with E-state index in [2.05, 4.69) is 131 Å². The van der Waals surface area contributed by atoms with E-state index in [1.54, 1.807) is 11.3 Å². The number of thiophene rings is 1. The molecule has 0 bridgehead atoms. The van der Waals surface area contributed by atoms with E-state index >= 15 is 0 Å². The van der Waals surface area contributed by atoms with Crippen LogP contribution < -0.4 is 0 Å². The van der Waals surface area contributed by atoms with Crippen molar-refractivity contribution < 1.29 is 0 Å². The van der Waals surface area contributed by atoms with Crippen LogP contribution in [-0.4, -0.2) is 9.55 Å². The summed E-state index contributed by atoms with van der Waals surface area (Å²) in [6.07, 6.45) is 8.28. The van der Waals surface area contributed by atoms with E-state index in [1.807, 2.05) is 6.33 Å². The normalized spacial score (nSPS) is 11.7. The number of hydrogen-bond donors (Lipinski definition) is 0. The predicted molar refractivity (Wildman–Crippen MR) is 130 cm³/mol. The second-order valence-electron chi connectivity index (χ2n) is 7.36. The number of nitrogens with zero attached hydrogens (tertiary/aromatic N) is 2. The first-order valence-corrected chi connectivity index (χ1v) is 11.2. The highest BCUT2D eigenvalue weighted by Gasteiger charge is 2.38. The highest BCUT2D eigenvalue weighted by molar-refractivity contribution is 7.10. The van der Waals surface area contributed by atoms with Crippen LogP contribution in [0.2, 0.25) is 0 Å². The van der Waals surface area contributed by atoms with Gasteiger partial charge in [-0.05, 0) is 40.3 Å². The van der Waals surface area contributed by atoms with Crippen LogP contribution in [0, 0.1) is 0 Å². The summed E-state index contributed by atoms with van der Waals surface area (Å²) in [6, 6.07) is 36.1. The predicted octanol–water partition coefficient (Wildman–Crippen LogP) is 6.96. The summed E-state index contributed by atoms with van der Waals surface area (Å²) in [5.41, 5.74) is 3.99. The molecule has 0 aliphatic carbocycles. The van der Waals surface area contributed by atoms with Gasteiger partial charge in [0.15, 0.2) is 0 Å². The molecule has 2 nitrogen and oxygen atoms in total. The average Bonchev–Trinajstić information content (AvgIpc) is 3.53. The van der Waals surface area contributed by atoms with Crippen LogP contribution in [0.1, 0.15) is 27.3 Å². The van der Waals surface area contributed by atoms with Gasteiger partial charge in [-0.15, -0.1) is 11.3 Å². The van der Waals surface area contributed by atoms with Crippen molar-refractivity contribution in [3.8, 4) is 0 Å². The Balaban J connectivity index is 1.73. The van der Waals surface area contributed by atoms with Gasteiger partial charge in [0, 0.05) is 11.1 Å². The molecular formula is C28H22N2S. The summed E-state index contributed by atoms with van der Waals surface area (Å²) < 4.78 is 2.24. The summed E-state index contributed by atoms with van der Waals surface area (Å²) >= 11 is 1.72. The fraction of sp³-hybridized carbons (Fsp3) is 0.0357. The largest absolute Gasteiger partial charge is 0.318 e. The highest BCUT2D eigenvalue weighted by Crippen LogP contribution is 2.40. The molecule has 0 amide bonds. The summed E-state index contributed by atoms with van der Waals surface area (Å²) in [7, 11) is 0. The molecule has 0 spiro atoms. The molecule has 0 atom stereocenters. The summed E-state index contributed by atoms with van der Waals surface area (Å²) in [5.74, 6) is 0. The fourth-order valence-corrected chi connectivity index (χ4v) is 4.76. The molecule has 5 aromatic rings. The van der Waals surface area contributed by atoms with Crippen LogP contribution >= 0.6 is 11.3 Å². The van der Waals surface area contributed by atoms with Gasteiger partial charge in [-0.25, -0.2) is 4.98 Å². The maximum atomic E-state index is 4.74. The summed E-state index contributed by atoms with van der Waals surface area (Å²) in [6.45, 7) is 0. The number of aromatic nitrogens is 2. The van der Waals surface area contributed by atoms with Gasteiger partial charge in [0.2, 0.25) is 0 Å². The van der Waals surface area contributed by atoms with Crippen LogP contribution in [0.5, 0.6) is 0 Å². The minimum Gasteiger partial charge on any atom is -0.318 e. The summed E-state index contributed by atoms with van der Waals surface area (Å²) in [5, 5.41) is 2.09. The van der Waals surface area contributed by atoms with Crippen molar-refractivity contribution in [2.75, 3.05) is 0 Å². The van der Waals surface area contributed by atoms with Crippen molar-refractivity contribution in [1.82, 2.24) is 9.55 Å². The quantitative estimate of drug-likeness (QED) is 0.273. The Labute approximate surface area is 186 Å². The molecule has 0 unspecified atom stereocenters. The molecule has 31 heavy (non-hydrogen) atoms. The van der Waals surface area contributed by atoms with Crippen LogP contribution in [0.4, 0.5) is 0 Å². The topological polar surface area (TPSA) is 17.8 Å². The van der Waals surface area contributed by atoms with Crippen molar-refractivity contribution in [1.29, 1.82) is 0 Å². The molecule has 3 heteroatoms. The van der Waals surface area contributed by atoms with Gasteiger partial charge in [0.25, 0.3) is 0 Å². The molecule has 0 fully saturated rings. The van der Waals surface area contributed by atoms with Gasteiger partial charge in [-0.1, -0.05) is 97.1 Å². The van der Waals surface area contributed by atoms with Gasteiger partial charge >= 0.3 is 0 Å². The van der Waals surface area contributed by atoms with Crippen molar-refractivity contribution in [3.05, 3.63) is 148 Å². The smallest absolute Gasteiger partial charge is 0.121 e.